The van der Waals surface area contributed by atoms with Gasteiger partial charge in [0, 0.05) is 18.6 Å². The Morgan fingerprint density at radius 1 is 1.15 bits per heavy atom. The number of hydrogen-bond donors (Lipinski definition) is 3. The average Bonchev–Trinajstić information content (AvgIpc) is 1.98. The van der Waals surface area contributed by atoms with Gasteiger partial charge in [0.2, 0.25) is 0 Å². The van der Waals surface area contributed by atoms with Gasteiger partial charge in [-0.1, -0.05) is 6.07 Å². The molecule has 1 aromatic carbocycles. The first-order valence-corrected chi connectivity index (χ1v) is 3.45. The van der Waals surface area contributed by atoms with Crippen LogP contribution in [0.1, 0.15) is 5.56 Å². The minimum absolute atomic E-state index is 0. The Balaban J connectivity index is 0. The van der Waals surface area contributed by atoms with Crippen LogP contribution in [-0.2, 0) is 25.0 Å². The van der Waals surface area contributed by atoms with Gasteiger partial charge in [0.1, 0.15) is 0 Å². The van der Waals surface area contributed by atoms with Crippen molar-refractivity contribution in [2.45, 2.75) is 6.42 Å². The van der Waals surface area contributed by atoms with Crippen LogP contribution in [0.15, 0.2) is 18.2 Å². The van der Waals surface area contributed by atoms with E-state index in [4.69, 9.17) is 15.9 Å². The molecule has 0 amide bonds. The summed E-state index contributed by atoms with van der Waals surface area (Å²) in [6.07, 6.45) is 0.716. The van der Waals surface area contributed by atoms with Crippen LogP contribution < -0.4 is 5.73 Å². The predicted octanol–water partition coefficient (Wildman–Crippen LogP) is 1.02. The van der Waals surface area contributed by atoms with Crippen LogP contribution in [0, 0.1) is 0 Å². The normalized spacial score (nSPS) is 8.38. The van der Waals surface area contributed by atoms with E-state index >= 15 is 0 Å². The van der Waals surface area contributed by atoms with Crippen molar-refractivity contribution in [2.24, 2.45) is 5.73 Å². The van der Waals surface area contributed by atoms with Gasteiger partial charge < -0.3 is 15.9 Å². The Morgan fingerprint density at radius 2 is 1.77 bits per heavy atom. The maximum atomic E-state index is 9.04. The number of aromatic hydroxyl groups is 2. The Kier molecular flexibility index (Phi) is 8.26. The van der Waals surface area contributed by atoms with Crippen LogP contribution in [0.4, 0.5) is 0 Å². The van der Waals surface area contributed by atoms with Crippen molar-refractivity contribution in [1.82, 2.24) is 0 Å². The first-order chi connectivity index (χ1) is 5.24. The van der Waals surface area contributed by atoms with Crippen molar-refractivity contribution in [2.75, 3.05) is 6.54 Å². The first kappa shape index (κ1) is 15.1. The SMILES string of the molecule is Cl.NCCc1ccc(O)c(O)c1.[V]. The van der Waals surface area contributed by atoms with E-state index in [0.717, 1.165) is 5.56 Å². The van der Waals surface area contributed by atoms with Gasteiger partial charge in [0.05, 0.1) is 0 Å². The smallest absolute Gasteiger partial charge is 0.157 e. The topological polar surface area (TPSA) is 66.5 Å². The second kappa shape index (κ2) is 7.10. The molecule has 5 heteroatoms. The second-order valence-electron chi connectivity index (χ2n) is 2.36. The van der Waals surface area contributed by atoms with Gasteiger partial charge in [0.25, 0.3) is 0 Å². The van der Waals surface area contributed by atoms with E-state index in [2.05, 4.69) is 0 Å². The Hall–Kier alpha value is -0.346. The Labute approximate surface area is 95.3 Å². The van der Waals surface area contributed by atoms with Crippen molar-refractivity contribution in [3.63, 3.8) is 0 Å². The average molecular weight is 241 g/mol. The molecule has 0 aromatic heterocycles. The standard InChI is InChI=1S/C8H11NO2.ClH.V/c9-4-3-6-1-2-7(10)8(11)5-6;;/h1-2,5,10-11H,3-4,9H2;1H;. The molecule has 4 N–H and O–H groups in total. The van der Waals surface area contributed by atoms with E-state index in [0.29, 0.717) is 13.0 Å². The van der Waals surface area contributed by atoms with Gasteiger partial charge in [-0.3, -0.25) is 0 Å². The van der Waals surface area contributed by atoms with E-state index in [1.807, 2.05) is 0 Å². The van der Waals surface area contributed by atoms with Crippen LogP contribution in [0.5, 0.6) is 11.5 Å². The van der Waals surface area contributed by atoms with Crippen LogP contribution in [-0.4, -0.2) is 16.8 Å². The van der Waals surface area contributed by atoms with Crippen molar-refractivity contribution in [3.05, 3.63) is 23.8 Å². The maximum Gasteiger partial charge on any atom is 0.157 e. The summed E-state index contributed by atoms with van der Waals surface area (Å²) in [6, 6.07) is 4.71. The monoisotopic (exact) mass is 240 g/mol. The van der Waals surface area contributed by atoms with Crippen molar-refractivity contribution < 1.29 is 28.8 Å². The molecule has 0 saturated heterocycles. The van der Waals surface area contributed by atoms with E-state index in [9.17, 15) is 0 Å². The van der Waals surface area contributed by atoms with Gasteiger partial charge in [-0.05, 0) is 30.7 Å². The van der Waals surface area contributed by atoms with Crippen LogP contribution in [0.2, 0.25) is 0 Å². The van der Waals surface area contributed by atoms with Gasteiger partial charge in [-0.25, -0.2) is 0 Å². The summed E-state index contributed by atoms with van der Waals surface area (Å²) in [7, 11) is 0. The minimum atomic E-state index is -0.0919. The summed E-state index contributed by atoms with van der Waals surface area (Å²) in [5.41, 5.74) is 6.24. The molecule has 0 atom stereocenters. The van der Waals surface area contributed by atoms with Gasteiger partial charge in [-0.2, -0.15) is 0 Å². The zero-order valence-electron chi connectivity index (χ0n) is 6.97. The number of nitrogens with two attached hydrogens (primary N) is 1. The minimum Gasteiger partial charge on any atom is -0.504 e. The summed E-state index contributed by atoms with van der Waals surface area (Å²) >= 11 is 0. The van der Waals surface area contributed by atoms with Gasteiger partial charge in [0.15, 0.2) is 11.5 Å². The molecule has 0 saturated carbocycles. The molecule has 1 rings (SSSR count). The molecule has 73 valence electrons. The van der Waals surface area contributed by atoms with Crippen LogP contribution in [0.25, 0.3) is 0 Å². The number of halogens is 1. The molecule has 0 bridgehead atoms. The number of rotatable bonds is 2. The third-order valence-corrected chi connectivity index (χ3v) is 1.47. The number of benzene rings is 1. The molecule has 3 nitrogen and oxygen atoms in total. The van der Waals surface area contributed by atoms with E-state index in [-0.39, 0.29) is 42.5 Å². The fourth-order valence-electron chi connectivity index (χ4n) is 0.891. The summed E-state index contributed by atoms with van der Waals surface area (Å²) in [6.45, 7) is 0.546. The first-order valence-electron chi connectivity index (χ1n) is 3.45. The molecule has 0 aliphatic carbocycles. The maximum absolute atomic E-state index is 9.04. The van der Waals surface area contributed by atoms with E-state index in [1.165, 1.54) is 12.1 Å². The third-order valence-electron chi connectivity index (χ3n) is 1.47. The third kappa shape index (κ3) is 4.43. The fraction of sp³-hybridized carbons (Fsp3) is 0.250. The molecule has 0 aliphatic rings. The molecule has 13 heavy (non-hydrogen) atoms. The molecule has 0 spiro atoms. The molecule has 1 aromatic rings. The second-order valence-corrected chi connectivity index (χ2v) is 2.36. The van der Waals surface area contributed by atoms with Crippen molar-refractivity contribution in [1.29, 1.82) is 0 Å². The quantitative estimate of drug-likeness (QED) is 0.676. The van der Waals surface area contributed by atoms with Crippen molar-refractivity contribution >= 4 is 12.4 Å². The number of phenolic OH excluding ortho intramolecular Hbond substituents is 2. The summed E-state index contributed by atoms with van der Waals surface area (Å²) in [5.74, 6) is -0.179. The molecular weight excluding hydrogens is 228 g/mol. The Bertz CT molecular complexity index is 258. The largest absolute Gasteiger partial charge is 0.504 e. The van der Waals surface area contributed by atoms with E-state index in [1.54, 1.807) is 6.07 Å². The molecular formula is C8H12ClNO2V. The Morgan fingerprint density at radius 3 is 2.23 bits per heavy atom. The molecule has 0 fully saturated rings. The fourth-order valence-corrected chi connectivity index (χ4v) is 0.891. The molecule has 0 unspecified atom stereocenters. The summed E-state index contributed by atoms with van der Waals surface area (Å²) in [5, 5.41) is 18.0. The summed E-state index contributed by atoms with van der Waals surface area (Å²) in [4.78, 5) is 0. The van der Waals surface area contributed by atoms with Crippen molar-refractivity contribution in [3.8, 4) is 11.5 Å². The number of hydrogen-bond acceptors (Lipinski definition) is 3. The van der Waals surface area contributed by atoms with Crippen LogP contribution >= 0.6 is 12.4 Å². The predicted molar refractivity (Wildman–Crippen MR) is 49.8 cm³/mol. The van der Waals surface area contributed by atoms with Crippen LogP contribution in [0.3, 0.4) is 0 Å². The molecule has 0 heterocycles. The summed E-state index contributed by atoms with van der Waals surface area (Å²) < 4.78 is 0. The zero-order valence-corrected chi connectivity index (χ0v) is 9.19. The zero-order chi connectivity index (χ0) is 8.27. The van der Waals surface area contributed by atoms with E-state index < -0.39 is 0 Å². The number of phenols is 2. The molecule has 0 aliphatic heterocycles. The van der Waals surface area contributed by atoms with Gasteiger partial charge in [-0.15, -0.1) is 12.4 Å². The molecule has 1 radical (unpaired) electrons. The van der Waals surface area contributed by atoms with Gasteiger partial charge >= 0.3 is 0 Å².